The van der Waals surface area contributed by atoms with Crippen molar-refractivity contribution in [1.82, 2.24) is 0 Å². The molecule has 0 aliphatic rings. The number of carboxylic acids is 1. The highest BCUT2D eigenvalue weighted by molar-refractivity contribution is 7.91. The molecule has 0 saturated carbocycles. The number of carboxylic acid groups (broad SMARTS) is 1. The summed E-state index contributed by atoms with van der Waals surface area (Å²) in [5.74, 6) is -4.56. The summed E-state index contributed by atoms with van der Waals surface area (Å²) in [7, 11) is -4.06. The van der Waals surface area contributed by atoms with Gasteiger partial charge in [0, 0.05) is 22.4 Å². The van der Waals surface area contributed by atoms with Gasteiger partial charge >= 0.3 is 5.97 Å². The molecule has 2 rings (SSSR count). The molecule has 0 amide bonds. The number of hydrogen-bond acceptors (Lipinski definition) is 6. The quantitative estimate of drug-likeness (QED) is 0.368. The van der Waals surface area contributed by atoms with Gasteiger partial charge in [0.2, 0.25) is 9.84 Å². The van der Waals surface area contributed by atoms with E-state index in [1.54, 1.807) is 0 Å². The lowest BCUT2D eigenvalue weighted by atomic mass is 10.2. The van der Waals surface area contributed by atoms with Crippen molar-refractivity contribution in [3.8, 4) is 0 Å². The molecule has 2 N–H and O–H groups in total. The average molecular weight is 356 g/mol. The number of aliphatic hydroxyl groups is 1. The summed E-state index contributed by atoms with van der Waals surface area (Å²) in [6.07, 6.45) is 0.425. The van der Waals surface area contributed by atoms with Gasteiger partial charge in [0.1, 0.15) is 11.6 Å². The highest BCUT2D eigenvalue weighted by Crippen LogP contribution is 2.31. The van der Waals surface area contributed by atoms with Crippen LogP contribution in [0.5, 0.6) is 0 Å². The largest absolute Gasteiger partial charge is 0.507 e. The molecule has 1 aromatic heterocycles. The zero-order valence-electron chi connectivity index (χ0n) is 11.3. The summed E-state index contributed by atoms with van der Waals surface area (Å²) in [5, 5.41) is 20.8. The third-order valence-electron chi connectivity index (χ3n) is 2.79. The molecule has 1 aromatic carbocycles. The lowest BCUT2D eigenvalue weighted by molar-refractivity contribution is -0.146. The number of ketones is 1. The van der Waals surface area contributed by atoms with Crippen LogP contribution in [0.15, 0.2) is 50.9 Å². The second-order valence-corrected chi connectivity index (χ2v) is 6.97. The van der Waals surface area contributed by atoms with E-state index >= 15 is 0 Å². The van der Waals surface area contributed by atoms with Crippen LogP contribution in [0.25, 0.3) is 5.76 Å². The van der Waals surface area contributed by atoms with E-state index in [9.17, 15) is 27.5 Å². The van der Waals surface area contributed by atoms with E-state index < -0.39 is 33.2 Å². The van der Waals surface area contributed by atoms with Crippen molar-refractivity contribution in [1.29, 1.82) is 0 Å². The molecule has 0 atom stereocenters. The van der Waals surface area contributed by atoms with Crippen molar-refractivity contribution >= 4 is 38.7 Å². The van der Waals surface area contributed by atoms with Gasteiger partial charge in [-0.15, -0.1) is 0 Å². The first-order chi connectivity index (χ1) is 10.7. The van der Waals surface area contributed by atoms with Gasteiger partial charge in [-0.2, -0.15) is 11.3 Å². The smallest absolute Gasteiger partial charge is 0.376 e. The van der Waals surface area contributed by atoms with Crippen molar-refractivity contribution in [3.63, 3.8) is 0 Å². The van der Waals surface area contributed by atoms with Gasteiger partial charge in [0.15, 0.2) is 0 Å². The molecule has 0 bridgehead atoms. The molecule has 2 aromatic rings. The Bertz CT molecular complexity index is 894. The maximum absolute atomic E-state index is 12.9. The molecule has 23 heavy (non-hydrogen) atoms. The zero-order chi connectivity index (χ0) is 17.2. The van der Waals surface area contributed by atoms with Gasteiger partial charge in [0.25, 0.3) is 5.78 Å². The number of thiophene rings is 1. The average Bonchev–Trinajstić information content (AvgIpc) is 2.97. The van der Waals surface area contributed by atoms with Gasteiger partial charge in [0.05, 0.1) is 9.79 Å². The molecule has 1 heterocycles. The summed E-state index contributed by atoms with van der Waals surface area (Å²) < 4.78 is 37.9. The Morgan fingerprint density at radius 1 is 1.09 bits per heavy atom. The van der Waals surface area contributed by atoms with Crippen LogP contribution in [0.1, 0.15) is 5.56 Å². The van der Waals surface area contributed by atoms with Crippen molar-refractivity contribution in [2.45, 2.75) is 9.79 Å². The van der Waals surface area contributed by atoms with Crippen LogP contribution >= 0.6 is 11.3 Å². The maximum Gasteiger partial charge on any atom is 0.376 e. The first-order valence-electron chi connectivity index (χ1n) is 5.98. The monoisotopic (exact) mass is 356 g/mol. The van der Waals surface area contributed by atoms with E-state index in [-0.39, 0.29) is 15.4 Å². The molecule has 0 saturated heterocycles. The standard InChI is InChI=1S/C14H9FO6S2/c15-8-1-3-9(4-2-8)23(20,21)13-7-22-6-10(13)11(16)5-12(17)14(18)19/h1-7,16H,(H,18,19). The van der Waals surface area contributed by atoms with Gasteiger partial charge in [-0.05, 0) is 24.3 Å². The number of hydrogen-bond donors (Lipinski definition) is 2. The Morgan fingerprint density at radius 3 is 2.26 bits per heavy atom. The molecule has 0 radical (unpaired) electrons. The molecule has 9 heteroatoms. The summed E-state index contributed by atoms with van der Waals surface area (Å²) in [6, 6.07) is 4.08. The second-order valence-electron chi connectivity index (χ2n) is 4.31. The number of sulfone groups is 1. The first kappa shape index (κ1) is 16.8. The Morgan fingerprint density at radius 2 is 1.70 bits per heavy atom. The predicted octanol–water partition coefficient (Wildman–Crippen LogP) is 2.27. The van der Waals surface area contributed by atoms with E-state index in [0.29, 0.717) is 6.08 Å². The van der Waals surface area contributed by atoms with Crippen molar-refractivity contribution in [3.05, 3.63) is 52.5 Å². The zero-order valence-corrected chi connectivity index (χ0v) is 12.9. The highest BCUT2D eigenvalue weighted by atomic mass is 32.2. The van der Waals surface area contributed by atoms with Gasteiger partial charge in [-0.25, -0.2) is 17.6 Å². The van der Waals surface area contributed by atoms with Crippen LogP contribution in [0, 0.1) is 5.82 Å². The maximum atomic E-state index is 12.9. The van der Waals surface area contributed by atoms with Crippen LogP contribution in [-0.2, 0) is 19.4 Å². The first-order valence-corrected chi connectivity index (χ1v) is 8.41. The molecule has 120 valence electrons. The van der Waals surface area contributed by atoms with E-state index in [0.717, 1.165) is 35.6 Å². The lowest BCUT2D eigenvalue weighted by Crippen LogP contribution is -2.10. The minimum absolute atomic E-state index is 0.198. The van der Waals surface area contributed by atoms with Crippen LogP contribution in [0.2, 0.25) is 0 Å². The molecular weight excluding hydrogens is 347 g/mol. The Labute approximate surface area is 134 Å². The Balaban J connectivity index is 2.51. The second kappa shape index (κ2) is 6.31. The minimum Gasteiger partial charge on any atom is -0.507 e. The van der Waals surface area contributed by atoms with Crippen LogP contribution in [-0.4, -0.2) is 30.4 Å². The van der Waals surface area contributed by atoms with Gasteiger partial charge in [-0.3, -0.25) is 4.79 Å². The molecule has 6 nitrogen and oxygen atoms in total. The number of carbonyl (C=O) groups excluding carboxylic acids is 1. The fraction of sp³-hybridized carbons (Fsp3) is 0. The SMILES string of the molecule is O=C(O)C(=O)C=C(O)c1cscc1S(=O)(=O)c1ccc(F)cc1. The number of benzene rings is 1. The molecule has 0 fully saturated rings. The van der Waals surface area contributed by atoms with E-state index in [4.69, 9.17) is 5.11 Å². The topological polar surface area (TPSA) is 109 Å². The summed E-state index contributed by atoms with van der Waals surface area (Å²) in [6.45, 7) is 0. The summed E-state index contributed by atoms with van der Waals surface area (Å²) in [5.41, 5.74) is -0.200. The number of carbonyl (C=O) groups is 2. The van der Waals surface area contributed by atoms with Crippen LogP contribution < -0.4 is 0 Å². The molecule has 0 spiro atoms. The lowest BCUT2D eigenvalue weighted by Gasteiger charge is -2.06. The van der Waals surface area contributed by atoms with Crippen molar-refractivity contribution in [2.75, 3.05) is 0 Å². The summed E-state index contributed by atoms with van der Waals surface area (Å²) in [4.78, 5) is 21.1. The molecule has 0 aliphatic heterocycles. The van der Waals surface area contributed by atoms with Crippen molar-refractivity contribution in [2.24, 2.45) is 0 Å². The fourth-order valence-electron chi connectivity index (χ4n) is 1.68. The number of aliphatic carboxylic acids is 1. The van der Waals surface area contributed by atoms with E-state index in [2.05, 4.69) is 0 Å². The van der Waals surface area contributed by atoms with Crippen LogP contribution in [0.3, 0.4) is 0 Å². The molecule has 0 aliphatic carbocycles. The summed E-state index contributed by atoms with van der Waals surface area (Å²) >= 11 is 0.942. The predicted molar refractivity (Wildman–Crippen MR) is 79.4 cm³/mol. The minimum atomic E-state index is -4.06. The van der Waals surface area contributed by atoms with Gasteiger partial charge < -0.3 is 10.2 Å². The number of aliphatic hydroxyl groups excluding tert-OH is 1. The highest BCUT2D eigenvalue weighted by Gasteiger charge is 2.24. The van der Waals surface area contributed by atoms with Crippen molar-refractivity contribution < 1.29 is 32.6 Å². The third kappa shape index (κ3) is 3.46. The Hall–Kier alpha value is -2.52. The number of rotatable bonds is 5. The Kier molecular flexibility index (Phi) is 4.62. The third-order valence-corrected chi connectivity index (χ3v) is 5.50. The van der Waals surface area contributed by atoms with Crippen LogP contribution in [0.4, 0.5) is 4.39 Å². The number of halogens is 1. The molecular formula is C14H9FO6S2. The van der Waals surface area contributed by atoms with Gasteiger partial charge in [-0.1, -0.05) is 0 Å². The van der Waals surface area contributed by atoms with E-state index in [1.165, 1.54) is 10.8 Å². The van der Waals surface area contributed by atoms with E-state index in [1.807, 2.05) is 0 Å². The fourth-order valence-corrected chi connectivity index (χ4v) is 4.34. The normalized spacial score (nSPS) is 12.1. The molecule has 0 unspecified atom stereocenters.